The third-order valence-corrected chi connectivity index (χ3v) is 4.59. The van der Waals surface area contributed by atoms with Gasteiger partial charge in [-0.3, -0.25) is 4.79 Å². The molecule has 1 aromatic carbocycles. The minimum Gasteiger partial charge on any atom is -0.465 e. The molecule has 1 aliphatic rings. The molecule has 1 aromatic rings. The molecule has 2 unspecified atom stereocenters. The van der Waals surface area contributed by atoms with Gasteiger partial charge in [0.05, 0.1) is 25.9 Å². The normalized spacial score (nSPS) is 18.6. The van der Waals surface area contributed by atoms with Gasteiger partial charge in [-0.1, -0.05) is 36.8 Å². The van der Waals surface area contributed by atoms with Crippen LogP contribution in [-0.2, 0) is 24.4 Å². The van der Waals surface area contributed by atoms with Crippen LogP contribution in [0, 0.1) is 24.2 Å². The number of aryl methyl sites for hydroxylation is 1. The average Bonchev–Trinajstić information content (AvgIpc) is 3.08. The van der Waals surface area contributed by atoms with E-state index in [1.807, 2.05) is 38.1 Å². The van der Waals surface area contributed by atoms with Gasteiger partial charge in [-0.05, 0) is 32.3 Å². The number of nitrogens with zero attached hydrogens (tertiary/aromatic N) is 1. The highest BCUT2D eigenvalue weighted by atomic mass is 16.7. The fraction of sp³-hybridized carbons (Fsp3) is 0.579. The molecular formula is C19H25NO4. The molecule has 1 saturated heterocycles. The van der Waals surface area contributed by atoms with Crippen LogP contribution in [0.1, 0.15) is 37.8 Å². The Morgan fingerprint density at radius 3 is 2.54 bits per heavy atom. The molecule has 130 valence electrons. The molecule has 1 fully saturated rings. The molecule has 2 rings (SSSR count). The second-order valence-corrected chi connectivity index (χ2v) is 6.31. The minimum atomic E-state index is -0.874. The largest absolute Gasteiger partial charge is 0.465 e. The van der Waals surface area contributed by atoms with Crippen molar-refractivity contribution in [1.29, 1.82) is 5.26 Å². The van der Waals surface area contributed by atoms with Gasteiger partial charge in [0.25, 0.3) is 0 Å². The van der Waals surface area contributed by atoms with E-state index in [0.29, 0.717) is 26.1 Å². The van der Waals surface area contributed by atoms with Crippen LogP contribution in [0.2, 0.25) is 0 Å². The number of ether oxygens (including phenoxy) is 3. The van der Waals surface area contributed by atoms with Crippen LogP contribution in [0.3, 0.4) is 0 Å². The summed E-state index contributed by atoms with van der Waals surface area (Å²) in [6.45, 7) is 7.13. The van der Waals surface area contributed by atoms with Crippen LogP contribution in [-0.4, -0.2) is 32.1 Å². The zero-order valence-electron chi connectivity index (χ0n) is 14.6. The quantitative estimate of drug-likeness (QED) is 0.718. The lowest BCUT2D eigenvalue weighted by atomic mass is 9.69. The fourth-order valence-corrected chi connectivity index (χ4v) is 3.06. The van der Waals surface area contributed by atoms with Gasteiger partial charge in [-0.2, -0.15) is 5.26 Å². The molecule has 0 N–H and O–H groups in total. The van der Waals surface area contributed by atoms with E-state index in [0.717, 1.165) is 11.1 Å². The van der Waals surface area contributed by atoms with Crippen molar-refractivity contribution in [3.63, 3.8) is 0 Å². The summed E-state index contributed by atoms with van der Waals surface area (Å²) in [7, 11) is 0. The number of benzene rings is 1. The predicted molar refractivity (Wildman–Crippen MR) is 89.2 cm³/mol. The molecule has 0 aliphatic carbocycles. The number of carbonyl (C=O) groups excluding carboxylic acids is 1. The summed E-state index contributed by atoms with van der Waals surface area (Å²) >= 11 is 0. The van der Waals surface area contributed by atoms with Crippen molar-refractivity contribution in [2.75, 3.05) is 19.8 Å². The number of rotatable bonds is 7. The highest BCUT2D eigenvalue weighted by Gasteiger charge is 2.42. The highest BCUT2D eigenvalue weighted by molar-refractivity contribution is 5.77. The Labute approximate surface area is 143 Å². The summed E-state index contributed by atoms with van der Waals surface area (Å²) in [6.07, 6.45) is 0.955. The first-order valence-corrected chi connectivity index (χ1v) is 8.38. The van der Waals surface area contributed by atoms with E-state index in [1.165, 1.54) is 0 Å². The molecular weight excluding hydrogens is 306 g/mol. The molecule has 5 heteroatoms. The molecule has 0 spiro atoms. The third kappa shape index (κ3) is 4.14. The van der Waals surface area contributed by atoms with Gasteiger partial charge in [-0.25, -0.2) is 0 Å². The van der Waals surface area contributed by atoms with Crippen molar-refractivity contribution >= 4 is 5.97 Å². The van der Waals surface area contributed by atoms with Gasteiger partial charge >= 0.3 is 5.97 Å². The summed E-state index contributed by atoms with van der Waals surface area (Å²) in [5.74, 6) is -1.35. The third-order valence-electron chi connectivity index (χ3n) is 4.59. The van der Waals surface area contributed by atoms with Crippen molar-refractivity contribution in [2.24, 2.45) is 5.92 Å². The zero-order chi connectivity index (χ0) is 17.6. The number of hydrogen-bond donors (Lipinski definition) is 0. The van der Waals surface area contributed by atoms with E-state index in [9.17, 15) is 10.1 Å². The Bertz CT molecular complexity index is 586. The van der Waals surface area contributed by atoms with Crippen LogP contribution in [0.15, 0.2) is 24.3 Å². The van der Waals surface area contributed by atoms with E-state index in [4.69, 9.17) is 14.2 Å². The maximum absolute atomic E-state index is 12.4. The van der Waals surface area contributed by atoms with Crippen molar-refractivity contribution in [2.45, 2.75) is 45.3 Å². The van der Waals surface area contributed by atoms with Crippen molar-refractivity contribution in [3.05, 3.63) is 35.4 Å². The van der Waals surface area contributed by atoms with E-state index < -0.39 is 17.3 Å². The van der Waals surface area contributed by atoms with Crippen LogP contribution < -0.4 is 0 Å². The monoisotopic (exact) mass is 331 g/mol. The Morgan fingerprint density at radius 2 is 2.00 bits per heavy atom. The Morgan fingerprint density at radius 1 is 1.38 bits per heavy atom. The molecule has 0 aromatic heterocycles. The van der Waals surface area contributed by atoms with Crippen molar-refractivity contribution in [3.8, 4) is 6.07 Å². The Balaban J connectivity index is 2.29. The number of carbonyl (C=O) groups is 1. The van der Waals surface area contributed by atoms with E-state index >= 15 is 0 Å². The molecule has 0 bridgehead atoms. The van der Waals surface area contributed by atoms with Gasteiger partial charge < -0.3 is 14.2 Å². The SMILES string of the molecule is CCOC(=O)C(C#N)C(C)(CCC1OCCO1)c1ccc(C)cc1. The summed E-state index contributed by atoms with van der Waals surface area (Å²) in [5.41, 5.74) is 1.42. The lowest BCUT2D eigenvalue weighted by molar-refractivity contribution is -0.148. The van der Waals surface area contributed by atoms with E-state index in [-0.39, 0.29) is 12.9 Å². The summed E-state index contributed by atoms with van der Waals surface area (Å²) < 4.78 is 16.1. The number of nitriles is 1. The summed E-state index contributed by atoms with van der Waals surface area (Å²) in [5, 5.41) is 9.65. The smallest absolute Gasteiger partial charge is 0.324 e. The fourth-order valence-electron chi connectivity index (χ4n) is 3.06. The molecule has 24 heavy (non-hydrogen) atoms. The van der Waals surface area contributed by atoms with Crippen molar-refractivity contribution < 1.29 is 19.0 Å². The second kappa shape index (κ2) is 8.27. The Kier molecular flexibility index (Phi) is 6.36. The molecule has 0 saturated carbocycles. The standard InChI is InChI=1S/C19H25NO4/c1-4-22-18(21)16(13-20)19(3,10-9-17-23-11-12-24-17)15-7-5-14(2)6-8-15/h5-8,16-17H,4,9-12H2,1-3H3. The average molecular weight is 331 g/mol. The lowest BCUT2D eigenvalue weighted by Gasteiger charge is -2.34. The summed E-state index contributed by atoms with van der Waals surface area (Å²) in [4.78, 5) is 12.4. The van der Waals surface area contributed by atoms with Crippen LogP contribution in [0.25, 0.3) is 0 Å². The first-order chi connectivity index (χ1) is 11.5. The molecule has 0 amide bonds. The van der Waals surface area contributed by atoms with Gasteiger partial charge in [0.15, 0.2) is 12.2 Å². The topological polar surface area (TPSA) is 68.6 Å². The maximum Gasteiger partial charge on any atom is 0.324 e. The van der Waals surface area contributed by atoms with Crippen molar-refractivity contribution in [1.82, 2.24) is 0 Å². The van der Waals surface area contributed by atoms with Gasteiger partial charge in [0, 0.05) is 5.41 Å². The van der Waals surface area contributed by atoms with E-state index in [2.05, 4.69) is 6.07 Å². The molecule has 1 heterocycles. The van der Waals surface area contributed by atoms with Crippen LogP contribution in [0.5, 0.6) is 0 Å². The second-order valence-electron chi connectivity index (χ2n) is 6.31. The lowest BCUT2D eigenvalue weighted by Crippen LogP contribution is -2.38. The van der Waals surface area contributed by atoms with Gasteiger partial charge in [0.1, 0.15) is 0 Å². The highest BCUT2D eigenvalue weighted by Crippen LogP contribution is 2.38. The molecule has 2 atom stereocenters. The zero-order valence-corrected chi connectivity index (χ0v) is 14.6. The first kappa shape index (κ1) is 18.4. The van der Waals surface area contributed by atoms with Crippen LogP contribution in [0.4, 0.5) is 0 Å². The molecule has 0 radical (unpaired) electrons. The van der Waals surface area contributed by atoms with Gasteiger partial charge in [0.2, 0.25) is 0 Å². The predicted octanol–water partition coefficient (Wildman–Crippen LogP) is 3.11. The van der Waals surface area contributed by atoms with Gasteiger partial charge in [-0.15, -0.1) is 0 Å². The minimum absolute atomic E-state index is 0.260. The number of hydrogen-bond acceptors (Lipinski definition) is 5. The van der Waals surface area contributed by atoms with Crippen LogP contribution >= 0.6 is 0 Å². The first-order valence-electron chi connectivity index (χ1n) is 8.38. The Hall–Kier alpha value is -1.90. The number of esters is 1. The molecule has 5 nitrogen and oxygen atoms in total. The summed E-state index contributed by atoms with van der Waals surface area (Å²) in [6, 6.07) is 10.1. The molecule has 1 aliphatic heterocycles. The van der Waals surface area contributed by atoms with E-state index in [1.54, 1.807) is 6.92 Å². The maximum atomic E-state index is 12.4.